The number of carbonyl (C=O) groups is 1. The molecule has 1 amide bonds. The number of fused-ring (bicyclic) bond motifs is 1. The lowest BCUT2D eigenvalue weighted by molar-refractivity contribution is -0.115. The van der Waals surface area contributed by atoms with Crippen LogP contribution < -0.4 is 10.5 Å². The monoisotopic (exact) mass is 474 g/mol. The third-order valence-corrected chi connectivity index (χ3v) is 7.47. The number of imidazole rings is 1. The number of aromatic nitrogens is 2. The molecule has 172 valence electrons. The first kappa shape index (κ1) is 24.3. The largest absolute Gasteiger partial charge is 0.325 e. The molecule has 0 fully saturated rings. The maximum absolute atomic E-state index is 13.0. The highest BCUT2D eigenvalue weighted by Crippen LogP contribution is 2.31. The number of primary sulfonamides is 1. The Morgan fingerprint density at radius 2 is 1.91 bits per heavy atom. The smallest absolute Gasteiger partial charge is 0.238 e. The van der Waals surface area contributed by atoms with Gasteiger partial charge in [0.15, 0.2) is 5.16 Å². The summed E-state index contributed by atoms with van der Waals surface area (Å²) in [6.07, 6.45) is 1.86. The Balaban J connectivity index is 1.87. The van der Waals surface area contributed by atoms with E-state index in [2.05, 4.69) is 31.1 Å². The van der Waals surface area contributed by atoms with Crippen LogP contribution in [0.5, 0.6) is 0 Å². The van der Waals surface area contributed by atoms with Gasteiger partial charge < -0.3 is 9.88 Å². The van der Waals surface area contributed by atoms with Crippen LogP contribution in [0.1, 0.15) is 52.0 Å². The van der Waals surface area contributed by atoms with Crippen LogP contribution >= 0.6 is 11.8 Å². The highest BCUT2D eigenvalue weighted by atomic mass is 32.2. The number of aryl methyl sites for hydroxylation is 1. The first-order chi connectivity index (χ1) is 15.2. The number of para-hydroxylation sites is 1. The summed E-state index contributed by atoms with van der Waals surface area (Å²) in [5.74, 6) is 0.238. The van der Waals surface area contributed by atoms with E-state index in [-0.39, 0.29) is 10.8 Å². The van der Waals surface area contributed by atoms with E-state index in [0.29, 0.717) is 23.1 Å². The molecule has 7 nitrogen and oxygen atoms in total. The maximum Gasteiger partial charge on any atom is 0.238 e. The van der Waals surface area contributed by atoms with Gasteiger partial charge in [0.1, 0.15) is 0 Å². The molecule has 0 saturated heterocycles. The first-order valence-electron chi connectivity index (χ1n) is 10.7. The predicted molar refractivity (Wildman–Crippen MR) is 130 cm³/mol. The normalized spacial score (nSPS) is 13.8. The van der Waals surface area contributed by atoms with Gasteiger partial charge in [-0.25, -0.2) is 18.5 Å². The number of hydrogen-bond donors (Lipinski definition) is 2. The summed E-state index contributed by atoms with van der Waals surface area (Å²) in [5.41, 5.74) is 3.31. The number of nitrogens with two attached hydrogens (primary N) is 1. The first-order valence-corrected chi connectivity index (χ1v) is 13.2. The summed E-state index contributed by atoms with van der Waals surface area (Å²) in [4.78, 5) is 17.6. The molecule has 0 aliphatic carbocycles. The molecule has 1 heterocycles. The van der Waals surface area contributed by atoms with E-state index < -0.39 is 15.3 Å². The fraction of sp³-hybridized carbons (Fsp3) is 0.391. The van der Waals surface area contributed by atoms with Gasteiger partial charge in [0.2, 0.25) is 15.9 Å². The lowest BCUT2D eigenvalue weighted by atomic mass is 9.97. The number of sulfonamides is 1. The van der Waals surface area contributed by atoms with E-state index in [1.54, 1.807) is 6.07 Å². The van der Waals surface area contributed by atoms with Crippen molar-refractivity contribution in [3.63, 3.8) is 0 Å². The molecule has 2 atom stereocenters. The van der Waals surface area contributed by atoms with Crippen molar-refractivity contribution >= 4 is 44.4 Å². The molecule has 3 aromatic rings. The molecule has 0 unspecified atom stereocenters. The molecule has 9 heteroatoms. The fourth-order valence-electron chi connectivity index (χ4n) is 3.50. The van der Waals surface area contributed by atoms with Crippen molar-refractivity contribution in [2.75, 3.05) is 5.32 Å². The lowest BCUT2D eigenvalue weighted by Gasteiger charge is -2.18. The van der Waals surface area contributed by atoms with Crippen LogP contribution in [0.15, 0.2) is 52.5 Å². The van der Waals surface area contributed by atoms with Crippen LogP contribution in [-0.4, -0.2) is 29.1 Å². The molecular weight excluding hydrogens is 444 g/mol. The standard InChI is InChI=1S/C23H30N4O3S2/c1-5-13-27-21-12-11-17(32(24,29)30)14-20(21)26-23(27)31-16(4)22(28)25-19-10-8-7-9-18(19)15(3)6-2/h7-12,14-16H,5-6,13H2,1-4H3,(H,25,28)(H2,24,29,30)/t15-,16-/m0/s1. The molecular formula is C23H30N4O3S2. The van der Waals surface area contributed by atoms with E-state index >= 15 is 0 Å². The number of benzene rings is 2. The number of rotatable bonds is 9. The summed E-state index contributed by atoms with van der Waals surface area (Å²) in [6, 6.07) is 12.6. The second kappa shape index (κ2) is 10.1. The zero-order chi connectivity index (χ0) is 23.5. The van der Waals surface area contributed by atoms with Crippen LogP contribution in [0.3, 0.4) is 0 Å². The number of nitrogens with one attached hydrogen (secondary N) is 1. The van der Waals surface area contributed by atoms with Gasteiger partial charge in [-0.1, -0.05) is 50.7 Å². The van der Waals surface area contributed by atoms with Crippen molar-refractivity contribution in [3.05, 3.63) is 48.0 Å². The minimum Gasteiger partial charge on any atom is -0.325 e. The molecule has 2 aromatic carbocycles. The number of anilines is 1. The van der Waals surface area contributed by atoms with E-state index in [0.717, 1.165) is 29.6 Å². The number of amides is 1. The fourth-order valence-corrected chi connectivity index (χ4v) is 4.98. The van der Waals surface area contributed by atoms with Crippen LogP contribution in [0.25, 0.3) is 11.0 Å². The quantitative estimate of drug-likeness (QED) is 0.436. The average Bonchev–Trinajstić information content (AvgIpc) is 3.09. The summed E-state index contributed by atoms with van der Waals surface area (Å²) >= 11 is 1.36. The van der Waals surface area contributed by atoms with Gasteiger partial charge in [0.25, 0.3) is 0 Å². The molecule has 0 spiro atoms. The van der Waals surface area contributed by atoms with E-state index in [4.69, 9.17) is 5.14 Å². The molecule has 3 rings (SSSR count). The van der Waals surface area contributed by atoms with Crippen LogP contribution in [0.2, 0.25) is 0 Å². The van der Waals surface area contributed by atoms with Crippen LogP contribution in [0, 0.1) is 0 Å². The summed E-state index contributed by atoms with van der Waals surface area (Å²) in [6.45, 7) is 8.88. The number of carbonyl (C=O) groups excluding carboxylic acids is 1. The second-order valence-corrected chi connectivity index (χ2v) is 10.8. The minimum absolute atomic E-state index is 0.0233. The zero-order valence-corrected chi connectivity index (χ0v) is 20.5. The summed E-state index contributed by atoms with van der Waals surface area (Å²) < 4.78 is 25.5. The van der Waals surface area contributed by atoms with Gasteiger partial charge in [-0.3, -0.25) is 4.79 Å². The van der Waals surface area contributed by atoms with Crippen molar-refractivity contribution in [1.29, 1.82) is 0 Å². The van der Waals surface area contributed by atoms with Crippen LogP contribution in [0.4, 0.5) is 5.69 Å². The SMILES string of the molecule is CCCn1c(S[C@@H](C)C(=O)Nc2ccccc2[C@@H](C)CC)nc2cc(S(N)(=O)=O)ccc21. The van der Waals surface area contributed by atoms with E-state index in [1.165, 1.54) is 23.9 Å². The van der Waals surface area contributed by atoms with Gasteiger partial charge >= 0.3 is 0 Å². The Morgan fingerprint density at radius 1 is 1.19 bits per heavy atom. The average molecular weight is 475 g/mol. The summed E-state index contributed by atoms with van der Waals surface area (Å²) in [5, 5.41) is 8.61. The number of thioether (sulfide) groups is 1. The Bertz CT molecular complexity index is 1220. The molecule has 0 saturated carbocycles. The maximum atomic E-state index is 13.0. The van der Waals surface area contributed by atoms with Crippen molar-refractivity contribution < 1.29 is 13.2 Å². The van der Waals surface area contributed by atoms with Crippen molar-refractivity contribution in [2.24, 2.45) is 5.14 Å². The predicted octanol–water partition coefficient (Wildman–Crippen LogP) is 4.73. The topological polar surface area (TPSA) is 107 Å². The Hall–Kier alpha value is -2.36. The summed E-state index contributed by atoms with van der Waals surface area (Å²) in [7, 11) is -3.81. The van der Waals surface area contributed by atoms with Crippen LogP contribution in [-0.2, 0) is 21.4 Å². The van der Waals surface area contributed by atoms with Gasteiger partial charge in [-0.2, -0.15) is 0 Å². The van der Waals surface area contributed by atoms with Gasteiger partial charge in [-0.15, -0.1) is 0 Å². The third-order valence-electron chi connectivity index (χ3n) is 5.47. The molecule has 3 N–H and O–H groups in total. The molecule has 0 bridgehead atoms. The highest BCUT2D eigenvalue weighted by molar-refractivity contribution is 8.00. The molecule has 0 aliphatic rings. The molecule has 0 radical (unpaired) electrons. The highest BCUT2D eigenvalue weighted by Gasteiger charge is 2.21. The molecule has 1 aromatic heterocycles. The Labute approximate surface area is 193 Å². The van der Waals surface area contributed by atoms with Crippen molar-refractivity contribution in [3.8, 4) is 0 Å². The van der Waals surface area contributed by atoms with Gasteiger partial charge in [-0.05, 0) is 55.5 Å². The Kier molecular flexibility index (Phi) is 7.63. The van der Waals surface area contributed by atoms with Crippen molar-refractivity contribution in [1.82, 2.24) is 9.55 Å². The minimum atomic E-state index is -3.81. The van der Waals surface area contributed by atoms with E-state index in [1.807, 2.05) is 35.8 Å². The zero-order valence-electron chi connectivity index (χ0n) is 18.8. The van der Waals surface area contributed by atoms with Gasteiger partial charge in [0.05, 0.1) is 21.2 Å². The second-order valence-electron chi connectivity index (χ2n) is 7.89. The number of nitrogens with zero attached hydrogens (tertiary/aromatic N) is 2. The van der Waals surface area contributed by atoms with Crippen molar-refractivity contribution in [2.45, 2.75) is 68.3 Å². The van der Waals surface area contributed by atoms with E-state index in [9.17, 15) is 13.2 Å². The molecule has 0 aliphatic heterocycles. The Morgan fingerprint density at radius 3 is 2.56 bits per heavy atom. The third kappa shape index (κ3) is 5.33. The number of hydrogen-bond acceptors (Lipinski definition) is 5. The van der Waals surface area contributed by atoms with Gasteiger partial charge in [0, 0.05) is 12.2 Å². The molecule has 32 heavy (non-hydrogen) atoms. The lowest BCUT2D eigenvalue weighted by Crippen LogP contribution is -2.23.